The van der Waals surface area contributed by atoms with E-state index in [4.69, 9.17) is 0 Å². The second kappa shape index (κ2) is 9.11. The van der Waals surface area contributed by atoms with Crippen molar-refractivity contribution in [1.82, 2.24) is 10.2 Å². The molecule has 0 saturated carbocycles. The minimum atomic E-state index is 0.295. The van der Waals surface area contributed by atoms with Gasteiger partial charge in [0.2, 0.25) is 5.91 Å². The third-order valence-corrected chi connectivity index (χ3v) is 4.93. The fourth-order valence-electron chi connectivity index (χ4n) is 2.48. The Morgan fingerprint density at radius 2 is 2.05 bits per heavy atom. The Morgan fingerprint density at radius 1 is 1.24 bits per heavy atom. The molecule has 0 unspecified atom stereocenters. The SMILES string of the molecule is CCCSc1ccc(CCC(=O)N2CCCNCC2)cc1. The summed E-state index contributed by atoms with van der Waals surface area (Å²) in [5.74, 6) is 1.46. The third-order valence-electron chi connectivity index (χ3n) is 3.72. The van der Waals surface area contributed by atoms with Crippen molar-refractivity contribution in [3.63, 3.8) is 0 Å². The van der Waals surface area contributed by atoms with Crippen LogP contribution in [0, 0.1) is 0 Å². The summed E-state index contributed by atoms with van der Waals surface area (Å²) in [4.78, 5) is 15.6. The Morgan fingerprint density at radius 3 is 2.81 bits per heavy atom. The maximum absolute atomic E-state index is 12.2. The van der Waals surface area contributed by atoms with E-state index in [-0.39, 0.29) is 0 Å². The van der Waals surface area contributed by atoms with E-state index in [9.17, 15) is 4.79 Å². The lowest BCUT2D eigenvalue weighted by Gasteiger charge is -2.19. The summed E-state index contributed by atoms with van der Waals surface area (Å²) in [5, 5.41) is 3.33. The van der Waals surface area contributed by atoms with Crippen molar-refractivity contribution in [3.8, 4) is 0 Å². The van der Waals surface area contributed by atoms with E-state index in [0.29, 0.717) is 12.3 Å². The minimum absolute atomic E-state index is 0.295. The first-order chi connectivity index (χ1) is 10.3. The molecular formula is C17H26N2OS. The number of thioether (sulfide) groups is 1. The predicted octanol–water partition coefficient (Wildman–Crippen LogP) is 2.94. The quantitative estimate of drug-likeness (QED) is 0.820. The first kappa shape index (κ1) is 16.4. The van der Waals surface area contributed by atoms with Gasteiger partial charge in [-0.2, -0.15) is 0 Å². The van der Waals surface area contributed by atoms with Gasteiger partial charge in [-0.3, -0.25) is 4.79 Å². The lowest BCUT2D eigenvalue weighted by atomic mass is 10.1. The van der Waals surface area contributed by atoms with Crippen molar-refractivity contribution in [2.75, 3.05) is 31.9 Å². The number of rotatable bonds is 6. The molecular weight excluding hydrogens is 280 g/mol. The van der Waals surface area contributed by atoms with Gasteiger partial charge < -0.3 is 10.2 Å². The Labute approximate surface area is 132 Å². The van der Waals surface area contributed by atoms with Crippen LogP contribution in [-0.2, 0) is 11.2 Å². The highest BCUT2D eigenvalue weighted by Gasteiger charge is 2.14. The molecule has 1 aliphatic heterocycles. The molecule has 3 nitrogen and oxygen atoms in total. The van der Waals surface area contributed by atoms with Crippen molar-refractivity contribution >= 4 is 17.7 Å². The number of benzene rings is 1. The number of hydrogen-bond acceptors (Lipinski definition) is 3. The smallest absolute Gasteiger partial charge is 0.222 e. The lowest BCUT2D eigenvalue weighted by molar-refractivity contribution is -0.130. The van der Waals surface area contributed by atoms with Crippen molar-refractivity contribution in [2.24, 2.45) is 0 Å². The number of carbonyl (C=O) groups is 1. The minimum Gasteiger partial charge on any atom is -0.341 e. The van der Waals surface area contributed by atoms with E-state index in [2.05, 4.69) is 36.5 Å². The fraction of sp³-hybridized carbons (Fsp3) is 0.588. The largest absolute Gasteiger partial charge is 0.341 e. The van der Waals surface area contributed by atoms with Gasteiger partial charge in [-0.25, -0.2) is 0 Å². The molecule has 1 amide bonds. The van der Waals surface area contributed by atoms with Crippen LogP contribution in [0.5, 0.6) is 0 Å². The highest BCUT2D eigenvalue weighted by Crippen LogP contribution is 2.19. The summed E-state index contributed by atoms with van der Waals surface area (Å²) in [6, 6.07) is 8.68. The molecule has 0 radical (unpaired) electrons. The summed E-state index contributed by atoms with van der Waals surface area (Å²) in [6.07, 6.45) is 3.74. The number of nitrogens with one attached hydrogen (secondary N) is 1. The molecule has 1 aromatic carbocycles. The van der Waals surface area contributed by atoms with Crippen LogP contribution in [-0.4, -0.2) is 42.7 Å². The van der Waals surface area contributed by atoms with Crippen LogP contribution < -0.4 is 5.32 Å². The second-order valence-corrected chi connectivity index (χ2v) is 6.65. The predicted molar refractivity (Wildman–Crippen MR) is 89.8 cm³/mol. The maximum Gasteiger partial charge on any atom is 0.222 e. The van der Waals surface area contributed by atoms with Gasteiger partial charge in [0, 0.05) is 31.0 Å². The first-order valence-electron chi connectivity index (χ1n) is 8.00. The number of carbonyl (C=O) groups excluding carboxylic acids is 1. The summed E-state index contributed by atoms with van der Waals surface area (Å²) >= 11 is 1.90. The Bertz CT molecular complexity index is 425. The molecule has 0 aliphatic carbocycles. The van der Waals surface area contributed by atoms with E-state index in [0.717, 1.165) is 39.0 Å². The maximum atomic E-state index is 12.2. The van der Waals surface area contributed by atoms with Crippen LogP contribution in [0.4, 0.5) is 0 Å². The molecule has 1 N–H and O–H groups in total. The molecule has 1 fully saturated rings. The zero-order chi connectivity index (χ0) is 14.9. The number of hydrogen-bond donors (Lipinski definition) is 1. The summed E-state index contributed by atoms with van der Waals surface area (Å²) in [5.41, 5.74) is 1.26. The van der Waals surface area contributed by atoms with Gasteiger partial charge in [0.25, 0.3) is 0 Å². The molecule has 1 aliphatic rings. The monoisotopic (exact) mass is 306 g/mol. The standard InChI is InChI=1S/C17H26N2OS/c1-2-14-21-16-7-4-15(5-8-16)6-9-17(20)19-12-3-10-18-11-13-19/h4-5,7-8,18H,2-3,6,9-14H2,1H3. The van der Waals surface area contributed by atoms with E-state index in [1.54, 1.807) is 0 Å². The second-order valence-electron chi connectivity index (χ2n) is 5.48. The zero-order valence-corrected chi connectivity index (χ0v) is 13.8. The van der Waals surface area contributed by atoms with Crippen molar-refractivity contribution < 1.29 is 4.79 Å². The van der Waals surface area contributed by atoms with Crippen LogP contribution in [0.25, 0.3) is 0 Å². The zero-order valence-electron chi connectivity index (χ0n) is 12.9. The lowest BCUT2D eigenvalue weighted by Crippen LogP contribution is -2.34. The van der Waals surface area contributed by atoms with E-state index < -0.39 is 0 Å². The average molecular weight is 306 g/mol. The Kier molecular flexibility index (Phi) is 7.10. The average Bonchev–Trinajstić information content (AvgIpc) is 2.81. The van der Waals surface area contributed by atoms with Gasteiger partial charge in [0.15, 0.2) is 0 Å². The highest BCUT2D eigenvalue weighted by molar-refractivity contribution is 7.99. The Balaban J connectivity index is 1.77. The van der Waals surface area contributed by atoms with Crippen LogP contribution in [0.3, 0.4) is 0 Å². The normalized spacial score (nSPS) is 15.8. The molecule has 1 heterocycles. The number of aryl methyl sites for hydroxylation is 1. The van der Waals surface area contributed by atoms with E-state index in [1.165, 1.54) is 22.6 Å². The third kappa shape index (κ3) is 5.71. The molecule has 2 rings (SSSR count). The van der Waals surface area contributed by atoms with E-state index in [1.807, 2.05) is 16.7 Å². The molecule has 0 atom stereocenters. The number of nitrogens with zero attached hydrogens (tertiary/aromatic N) is 1. The highest BCUT2D eigenvalue weighted by atomic mass is 32.2. The van der Waals surface area contributed by atoms with Crippen LogP contribution in [0.15, 0.2) is 29.2 Å². The molecule has 21 heavy (non-hydrogen) atoms. The molecule has 0 aromatic heterocycles. The van der Waals surface area contributed by atoms with Gasteiger partial charge in [-0.1, -0.05) is 19.1 Å². The van der Waals surface area contributed by atoms with Crippen LogP contribution >= 0.6 is 11.8 Å². The molecule has 116 valence electrons. The molecule has 0 bridgehead atoms. The molecule has 0 spiro atoms. The van der Waals surface area contributed by atoms with Gasteiger partial charge in [0.1, 0.15) is 0 Å². The van der Waals surface area contributed by atoms with Crippen molar-refractivity contribution in [1.29, 1.82) is 0 Å². The Hall–Kier alpha value is -1.00. The summed E-state index contributed by atoms with van der Waals surface area (Å²) < 4.78 is 0. The molecule has 1 saturated heterocycles. The first-order valence-corrected chi connectivity index (χ1v) is 8.98. The van der Waals surface area contributed by atoms with Crippen LogP contribution in [0.1, 0.15) is 31.7 Å². The van der Waals surface area contributed by atoms with Crippen molar-refractivity contribution in [3.05, 3.63) is 29.8 Å². The van der Waals surface area contributed by atoms with E-state index >= 15 is 0 Å². The van der Waals surface area contributed by atoms with Gasteiger partial charge in [-0.05, 0) is 49.3 Å². The topological polar surface area (TPSA) is 32.3 Å². The molecule has 1 aromatic rings. The van der Waals surface area contributed by atoms with Gasteiger partial charge in [0.05, 0.1) is 0 Å². The van der Waals surface area contributed by atoms with Crippen molar-refractivity contribution in [2.45, 2.75) is 37.5 Å². The number of amides is 1. The summed E-state index contributed by atoms with van der Waals surface area (Å²) in [7, 11) is 0. The van der Waals surface area contributed by atoms with Gasteiger partial charge >= 0.3 is 0 Å². The summed E-state index contributed by atoms with van der Waals surface area (Å²) in [6.45, 7) is 5.91. The molecule has 4 heteroatoms. The fourth-order valence-corrected chi connectivity index (χ4v) is 3.25. The van der Waals surface area contributed by atoms with Gasteiger partial charge in [-0.15, -0.1) is 11.8 Å². The van der Waals surface area contributed by atoms with Crippen LogP contribution in [0.2, 0.25) is 0 Å².